The molecule has 1 aliphatic rings. The number of hydrogen-bond donors (Lipinski definition) is 1. The van der Waals surface area contributed by atoms with Crippen LogP contribution in [0.25, 0.3) is 0 Å². The SMILES string of the molecule is CCCC[C@@H](C[C@H]1COC(C)(C)N1C(=O)O)Sc1nc(C)ccc1C#N. The van der Waals surface area contributed by atoms with Crippen LogP contribution in [0.15, 0.2) is 17.2 Å². The van der Waals surface area contributed by atoms with E-state index in [0.717, 1.165) is 30.0 Å². The number of carboxylic acid groups (broad SMARTS) is 1. The largest absolute Gasteiger partial charge is 0.465 e. The maximum absolute atomic E-state index is 11.7. The summed E-state index contributed by atoms with van der Waals surface area (Å²) in [6.07, 6.45) is 2.80. The van der Waals surface area contributed by atoms with Crippen molar-refractivity contribution in [3.8, 4) is 6.07 Å². The van der Waals surface area contributed by atoms with Crippen LogP contribution in [0.4, 0.5) is 4.79 Å². The van der Waals surface area contributed by atoms with Crippen molar-refractivity contribution in [3.05, 3.63) is 23.4 Å². The molecule has 0 aromatic carbocycles. The predicted molar refractivity (Wildman–Crippen MR) is 101 cm³/mol. The number of nitriles is 1. The van der Waals surface area contributed by atoms with Crippen molar-refractivity contribution in [2.45, 2.75) is 75.4 Å². The highest BCUT2D eigenvalue weighted by Crippen LogP contribution is 2.36. The van der Waals surface area contributed by atoms with E-state index in [0.29, 0.717) is 18.6 Å². The standard InChI is InChI=1S/C19H27N3O3S/c1-5-6-7-16(26-17-14(11-20)9-8-13(2)21-17)10-15-12-25-19(3,4)22(15)18(23)24/h8-9,15-16H,5-7,10,12H2,1-4H3,(H,23,24)/t15-,16-/m0/s1. The van der Waals surface area contributed by atoms with Gasteiger partial charge in [0, 0.05) is 10.9 Å². The minimum Gasteiger partial charge on any atom is -0.465 e. The molecule has 2 heterocycles. The van der Waals surface area contributed by atoms with Crippen LogP contribution in [0.1, 0.15) is 57.7 Å². The molecule has 1 N–H and O–H groups in total. The summed E-state index contributed by atoms with van der Waals surface area (Å²) in [4.78, 5) is 17.7. The summed E-state index contributed by atoms with van der Waals surface area (Å²) < 4.78 is 5.71. The molecule has 1 saturated heterocycles. The first-order chi connectivity index (χ1) is 12.3. The Morgan fingerprint density at radius 3 is 2.92 bits per heavy atom. The van der Waals surface area contributed by atoms with E-state index in [-0.39, 0.29) is 11.3 Å². The van der Waals surface area contributed by atoms with Crippen LogP contribution in [0, 0.1) is 18.3 Å². The van der Waals surface area contributed by atoms with E-state index in [1.54, 1.807) is 31.7 Å². The highest BCUT2D eigenvalue weighted by Gasteiger charge is 2.44. The minimum absolute atomic E-state index is 0.181. The topological polar surface area (TPSA) is 86.4 Å². The minimum atomic E-state index is -0.955. The van der Waals surface area contributed by atoms with Gasteiger partial charge in [-0.15, -0.1) is 11.8 Å². The molecule has 1 aromatic rings. The van der Waals surface area contributed by atoms with Crippen molar-refractivity contribution in [1.29, 1.82) is 5.26 Å². The number of aryl methyl sites for hydroxylation is 1. The van der Waals surface area contributed by atoms with Gasteiger partial charge in [0.1, 0.15) is 16.8 Å². The van der Waals surface area contributed by atoms with Crippen LogP contribution in [0.5, 0.6) is 0 Å². The van der Waals surface area contributed by atoms with Crippen LogP contribution >= 0.6 is 11.8 Å². The third-order valence-electron chi connectivity index (χ3n) is 4.59. The van der Waals surface area contributed by atoms with Crippen molar-refractivity contribution in [3.63, 3.8) is 0 Å². The zero-order valence-corrected chi connectivity index (χ0v) is 16.7. The van der Waals surface area contributed by atoms with Gasteiger partial charge in [0.05, 0.1) is 18.2 Å². The van der Waals surface area contributed by atoms with Gasteiger partial charge in [0.2, 0.25) is 0 Å². The number of hydrogen-bond acceptors (Lipinski definition) is 5. The first-order valence-corrected chi connectivity index (χ1v) is 9.87. The van der Waals surface area contributed by atoms with E-state index in [4.69, 9.17) is 4.74 Å². The molecule has 0 bridgehead atoms. The number of pyridine rings is 1. The fourth-order valence-electron chi connectivity index (χ4n) is 3.27. The van der Waals surface area contributed by atoms with Crippen LogP contribution in [-0.2, 0) is 4.74 Å². The number of amides is 1. The van der Waals surface area contributed by atoms with E-state index in [1.807, 2.05) is 13.0 Å². The number of aromatic nitrogens is 1. The van der Waals surface area contributed by atoms with Gasteiger partial charge in [-0.05, 0) is 45.7 Å². The summed E-state index contributed by atoms with van der Waals surface area (Å²) in [7, 11) is 0. The Morgan fingerprint density at radius 2 is 2.31 bits per heavy atom. The average molecular weight is 378 g/mol. The lowest BCUT2D eigenvalue weighted by atomic mass is 10.1. The van der Waals surface area contributed by atoms with Crippen molar-refractivity contribution >= 4 is 17.9 Å². The molecular formula is C19H27N3O3S. The van der Waals surface area contributed by atoms with Gasteiger partial charge in [-0.25, -0.2) is 9.78 Å². The highest BCUT2D eigenvalue weighted by atomic mass is 32.2. The lowest BCUT2D eigenvalue weighted by Crippen LogP contribution is -2.47. The molecule has 2 rings (SSSR count). The predicted octanol–water partition coefficient (Wildman–Crippen LogP) is 4.42. The Hall–Kier alpha value is -1.78. The van der Waals surface area contributed by atoms with Crippen LogP contribution in [0.2, 0.25) is 0 Å². The van der Waals surface area contributed by atoms with Gasteiger partial charge in [0.25, 0.3) is 0 Å². The van der Waals surface area contributed by atoms with Gasteiger partial charge in [-0.3, -0.25) is 4.90 Å². The monoisotopic (exact) mass is 377 g/mol. The van der Waals surface area contributed by atoms with Crippen molar-refractivity contribution in [2.24, 2.45) is 0 Å². The maximum Gasteiger partial charge on any atom is 0.409 e. The lowest BCUT2D eigenvalue weighted by molar-refractivity contribution is -0.0421. The first-order valence-electron chi connectivity index (χ1n) is 8.99. The Balaban J connectivity index is 2.19. The smallest absolute Gasteiger partial charge is 0.409 e. The van der Waals surface area contributed by atoms with Gasteiger partial charge in [-0.1, -0.05) is 19.8 Å². The molecule has 0 aliphatic carbocycles. The average Bonchev–Trinajstić information content (AvgIpc) is 2.87. The molecule has 1 fully saturated rings. The normalized spacial score (nSPS) is 20.0. The van der Waals surface area contributed by atoms with Gasteiger partial charge in [0.15, 0.2) is 0 Å². The fourth-order valence-corrected chi connectivity index (χ4v) is 4.63. The molecule has 2 atom stereocenters. The molecule has 1 amide bonds. The molecule has 26 heavy (non-hydrogen) atoms. The second-order valence-electron chi connectivity index (χ2n) is 7.10. The summed E-state index contributed by atoms with van der Waals surface area (Å²) in [5.41, 5.74) is 0.633. The van der Waals surface area contributed by atoms with Crippen molar-refractivity contribution in [1.82, 2.24) is 9.88 Å². The van der Waals surface area contributed by atoms with Gasteiger partial charge in [-0.2, -0.15) is 5.26 Å². The second-order valence-corrected chi connectivity index (χ2v) is 8.39. The third-order valence-corrected chi connectivity index (χ3v) is 5.89. The Kier molecular flexibility index (Phi) is 6.90. The molecule has 0 saturated carbocycles. The summed E-state index contributed by atoms with van der Waals surface area (Å²) in [6.45, 7) is 8.01. The number of ether oxygens (including phenoxy) is 1. The Labute approximate surface area is 159 Å². The molecule has 142 valence electrons. The van der Waals surface area contributed by atoms with Crippen LogP contribution in [-0.4, -0.2) is 44.7 Å². The summed E-state index contributed by atoms with van der Waals surface area (Å²) in [5.74, 6) is 0. The number of thioether (sulfide) groups is 1. The summed E-state index contributed by atoms with van der Waals surface area (Å²) in [5, 5.41) is 19.9. The molecule has 0 unspecified atom stereocenters. The molecule has 1 aliphatic heterocycles. The van der Waals surface area contributed by atoms with Crippen molar-refractivity contribution < 1.29 is 14.6 Å². The van der Waals surface area contributed by atoms with E-state index in [1.165, 1.54) is 4.90 Å². The molecule has 0 radical (unpaired) electrons. The highest BCUT2D eigenvalue weighted by molar-refractivity contribution is 7.99. The summed E-state index contributed by atoms with van der Waals surface area (Å²) >= 11 is 1.59. The third kappa shape index (κ3) is 4.89. The number of unbranched alkanes of at least 4 members (excludes halogenated alkanes) is 1. The van der Waals surface area contributed by atoms with Gasteiger partial charge < -0.3 is 9.84 Å². The van der Waals surface area contributed by atoms with E-state index < -0.39 is 11.8 Å². The fraction of sp³-hybridized carbons (Fsp3) is 0.632. The zero-order chi connectivity index (χ0) is 19.3. The molecular weight excluding hydrogens is 350 g/mol. The number of nitrogens with zero attached hydrogens (tertiary/aromatic N) is 3. The second kappa shape index (κ2) is 8.74. The molecule has 1 aromatic heterocycles. The molecule has 6 nitrogen and oxygen atoms in total. The summed E-state index contributed by atoms with van der Waals surface area (Å²) in [6, 6.07) is 5.65. The number of carbonyl (C=O) groups is 1. The van der Waals surface area contributed by atoms with Crippen LogP contribution in [0.3, 0.4) is 0 Å². The number of rotatable bonds is 7. The molecule has 0 spiro atoms. The zero-order valence-electron chi connectivity index (χ0n) is 15.9. The van der Waals surface area contributed by atoms with E-state index >= 15 is 0 Å². The van der Waals surface area contributed by atoms with Crippen molar-refractivity contribution in [2.75, 3.05) is 6.61 Å². The molecule has 7 heteroatoms. The first kappa shape index (κ1) is 20.5. The van der Waals surface area contributed by atoms with Crippen LogP contribution < -0.4 is 0 Å². The Morgan fingerprint density at radius 1 is 1.58 bits per heavy atom. The van der Waals surface area contributed by atoms with E-state index in [9.17, 15) is 15.2 Å². The van der Waals surface area contributed by atoms with Gasteiger partial charge >= 0.3 is 6.09 Å². The quantitative estimate of drug-likeness (QED) is 0.708. The maximum atomic E-state index is 11.7. The lowest BCUT2D eigenvalue weighted by Gasteiger charge is -2.32. The Bertz CT molecular complexity index is 687. The van der Waals surface area contributed by atoms with E-state index in [2.05, 4.69) is 18.0 Å².